The number of ether oxygens (including phenoxy) is 1. The molecule has 108 valence electrons. The summed E-state index contributed by atoms with van der Waals surface area (Å²) in [5.74, 6) is 0.217. The van der Waals surface area contributed by atoms with Gasteiger partial charge >= 0.3 is 21.6 Å². The van der Waals surface area contributed by atoms with E-state index in [1.807, 2.05) is 0 Å². The number of hydrogen-bond donors (Lipinski definition) is 0. The maximum absolute atomic E-state index is 12.2. The predicted molar refractivity (Wildman–Crippen MR) is 61.3 cm³/mol. The minimum absolute atomic E-state index is 0.141. The molecule has 0 aliphatic heterocycles. The van der Waals surface area contributed by atoms with Crippen molar-refractivity contribution in [2.24, 2.45) is 0 Å². The highest BCUT2D eigenvalue weighted by Gasteiger charge is 2.49. The van der Waals surface area contributed by atoms with Gasteiger partial charge in [-0.1, -0.05) is 5.92 Å². The van der Waals surface area contributed by atoms with Gasteiger partial charge in [-0.3, -0.25) is 0 Å². The zero-order valence-electron chi connectivity index (χ0n) is 9.89. The topological polar surface area (TPSA) is 69.7 Å². The molecule has 1 aromatic carbocycles. The molecule has 0 atom stereocenters. The standard InChI is InChI=1S/C11H7F3O5S/c1-3-7-4-5-9(8(6-7)10(15)18-2)19-20(16,17)11(12,13)14/h1,4-6H,2H3. The van der Waals surface area contributed by atoms with Crippen molar-refractivity contribution in [3.63, 3.8) is 0 Å². The molecular formula is C11H7F3O5S. The summed E-state index contributed by atoms with van der Waals surface area (Å²) in [6.07, 6.45) is 5.07. The highest BCUT2D eigenvalue weighted by Crippen LogP contribution is 2.29. The van der Waals surface area contributed by atoms with Crippen molar-refractivity contribution in [2.75, 3.05) is 7.11 Å². The number of carbonyl (C=O) groups is 1. The van der Waals surface area contributed by atoms with Gasteiger partial charge in [-0.25, -0.2) is 4.79 Å². The van der Waals surface area contributed by atoms with E-state index in [9.17, 15) is 26.4 Å². The van der Waals surface area contributed by atoms with Crippen LogP contribution in [0.5, 0.6) is 5.75 Å². The van der Waals surface area contributed by atoms with Crippen molar-refractivity contribution in [3.8, 4) is 18.1 Å². The van der Waals surface area contributed by atoms with Crippen LogP contribution in [0, 0.1) is 12.3 Å². The maximum atomic E-state index is 12.2. The van der Waals surface area contributed by atoms with Gasteiger partial charge in [0.25, 0.3) is 0 Å². The van der Waals surface area contributed by atoms with E-state index in [1.54, 1.807) is 0 Å². The Kier molecular flexibility index (Phi) is 4.29. The van der Waals surface area contributed by atoms with Crippen LogP contribution in [0.15, 0.2) is 18.2 Å². The number of esters is 1. The summed E-state index contributed by atoms with van der Waals surface area (Å²) in [6.45, 7) is 0. The molecule has 9 heteroatoms. The molecule has 0 fully saturated rings. The van der Waals surface area contributed by atoms with Gasteiger partial charge in [-0.15, -0.1) is 6.42 Å². The number of benzene rings is 1. The van der Waals surface area contributed by atoms with Crippen LogP contribution in [0.4, 0.5) is 13.2 Å². The summed E-state index contributed by atoms with van der Waals surface area (Å²) < 4.78 is 66.7. The van der Waals surface area contributed by atoms with Gasteiger partial charge in [0.1, 0.15) is 5.56 Å². The second-order valence-corrected chi connectivity index (χ2v) is 4.87. The fourth-order valence-electron chi connectivity index (χ4n) is 1.13. The van der Waals surface area contributed by atoms with Crippen molar-refractivity contribution in [1.29, 1.82) is 0 Å². The molecule has 0 saturated heterocycles. The van der Waals surface area contributed by atoms with Gasteiger partial charge in [0, 0.05) is 5.56 Å². The first-order valence-corrected chi connectivity index (χ1v) is 6.23. The van der Waals surface area contributed by atoms with Gasteiger partial charge < -0.3 is 8.92 Å². The Morgan fingerprint density at radius 1 is 1.35 bits per heavy atom. The summed E-state index contributed by atoms with van der Waals surface area (Å²) in [7, 11) is -4.93. The van der Waals surface area contributed by atoms with Crippen molar-refractivity contribution >= 4 is 16.1 Å². The number of alkyl halides is 3. The van der Waals surface area contributed by atoms with Crippen LogP contribution >= 0.6 is 0 Å². The first kappa shape index (κ1) is 15.8. The number of methoxy groups -OCH3 is 1. The Labute approximate surface area is 112 Å². The highest BCUT2D eigenvalue weighted by atomic mass is 32.2. The van der Waals surface area contributed by atoms with Crippen LogP contribution in [0.25, 0.3) is 0 Å². The lowest BCUT2D eigenvalue weighted by atomic mass is 10.1. The van der Waals surface area contributed by atoms with Gasteiger partial charge in [0.2, 0.25) is 0 Å². The Morgan fingerprint density at radius 2 is 1.95 bits per heavy atom. The summed E-state index contributed by atoms with van der Waals surface area (Å²) in [5, 5.41) is 0. The van der Waals surface area contributed by atoms with Crippen LogP contribution < -0.4 is 4.18 Å². The molecule has 0 radical (unpaired) electrons. The molecule has 1 aromatic rings. The summed E-state index contributed by atoms with van der Waals surface area (Å²) in [4.78, 5) is 11.4. The van der Waals surface area contributed by atoms with E-state index >= 15 is 0 Å². The predicted octanol–water partition coefficient (Wildman–Crippen LogP) is 1.68. The first-order valence-electron chi connectivity index (χ1n) is 4.82. The number of rotatable bonds is 3. The number of hydrogen-bond acceptors (Lipinski definition) is 5. The van der Waals surface area contributed by atoms with Gasteiger partial charge in [-0.05, 0) is 18.2 Å². The lowest BCUT2D eigenvalue weighted by Crippen LogP contribution is -2.28. The monoisotopic (exact) mass is 308 g/mol. The number of terminal acetylenes is 1. The van der Waals surface area contributed by atoms with E-state index < -0.39 is 32.9 Å². The second kappa shape index (κ2) is 5.42. The molecule has 0 N–H and O–H groups in total. The lowest BCUT2D eigenvalue weighted by molar-refractivity contribution is -0.0500. The normalized spacial score (nSPS) is 11.6. The average molecular weight is 308 g/mol. The first-order chi connectivity index (χ1) is 9.12. The van der Waals surface area contributed by atoms with Crippen molar-refractivity contribution in [1.82, 2.24) is 0 Å². The summed E-state index contributed by atoms with van der Waals surface area (Å²) in [5.41, 5.74) is -6.01. The molecule has 0 bridgehead atoms. The Balaban J connectivity index is 3.33. The molecule has 0 aromatic heterocycles. The Morgan fingerprint density at radius 3 is 2.40 bits per heavy atom. The number of carbonyl (C=O) groups excluding carboxylic acids is 1. The fraction of sp³-hybridized carbons (Fsp3) is 0.182. The van der Waals surface area contributed by atoms with E-state index in [0.717, 1.165) is 25.3 Å². The molecule has 0 aliphatic carbocycles. The van der Waals surface area contributed by atoms with E-state index in [-0.39, 0.29) is 5.56 Å². The van der Waals surface area contributed by atoms with E-state index in [2.05, 4.69) is 14.8 Å². The lowest BCUT2D eigenvalue weighted by Gasteiger charge is -2.12. The van der Waals surface area contributed by atoms with Crippen molar-refractivity contribution in [2.45, 2.75) is 5.51 Å². The SMILES string of the molecule is C#Cc1ccc(OS(=O)(=O)C(F)(F)F)c(C(=O)OC)c1. The fourth-order valence-corrected chi connectivity index (χ4v) is 1.60. The van der Waals surface area contributed by atoms with Crippen LogP contribution in [0.3, 0.4) is 0 Å². The molecule has 0 heterocycles. The van der Waals surface area contributed by atoms with Gasteiger partial charge in [0.05, 0.1) is 7.11 Å². The zero-order chi connectivity index (χ0) is 15.6. The molecule has 0 aliphatic rings. The molecular weight excluding hydrogens is 301 g/mol. The molecule has 0 saturated carbocycles. The highest BCUT2D eigenvalue weighted by molar-refractivity contribution is 7.88. The summed E-state index contributed by atoms with van der Waals surface area (Å²) in [6, 6.07) is 2.94. The minimum Gasteiger partial charge on any atom is -0.465 e. The molecule has 0 unspecified atom stereocenters. The molecule has 0 amide bonds. The van der Waals surface area contributed by atoms with Crippen LogP contribution in [-0.2, 0) is 14.9 Å². The second-order valence-electron chi connectivity index (χ2n) is 3.33. The van der Waals surface area contributed by atoms with Crippen molar-refractivity contribution < 1.29 is 35.3 Å². The van der Waals surface area contributed by atoms with Crippen LogP contribution in [-0.4, -0.2) is 27.0 Å². The van der Waals surface area contributed by atoms with E-state index in [0.29, 0.717) is 0 Å². The minimum atomic E-state index is -5.89. The smallest absolute Gasteiger partial charge is 0.465 e. The Bertz CT molecular complexity index is 670. The average Bonchev–Trinajstić information content (AvgIpc) is 2.36. The van der Waals surface area contributed by atoms with Crippen molar-refractivity contribution in [3.05, 3.63) is 29.3 Å². The molecule has 0 spiro atoms. The number of halogens is 3. The Hall–Kier alpha value is -2.21. The van der Waals surface area contributed by atoms with Crippen LogP contribution in [0.2, 0.25) is 0 Å². The molecule has 5 nitrogen and oxygen atoms in total. The third kappa shape index (κ3) is 3.21. The largest absolute Gasteiger partial charge is 0.534 e. The van der Waals surface area contributed by atoms with E-state index in [1.165, 1.54) is 0 Å². The van der Waals surface area contributed by atoms with Crippen LogP contribution in [0.1, 0.15) is 15.9 Å². The van der Waals surface area contributed by atoms with Gasteiger partial charge in [-0.2, -0.15) is 21.6 Å². The summed E-state index contributed by atoms with van der Waals surface area (Å²) >= 11 is 0. The van der Waals surface area contributed by atoms with E-state index in [4.69, 9.17) is 6.42 Å². The zero-order valence-corrected chi connectivity index (χ0v) is 10.7. The maximum Gasteiger partial charge on any atom is 0.534 e. The third-order valence-electron chi connectivity index (χ3n) is 2.03. The van der Waals surface area contributed by atoms with Gasteiger partial charge in [0.15, 0.2) is 5.75 Å². The quantitative estimate of drug-likeness (QED) is 0.368. The third-order valence-corrected chi connectivity index (χ3v) is 3.00. The molecule has 1 rings (SSSR count). The molecule has 20 heavy (non-hydrogen) atoms.